The lowest BCUT2D eigenvalue weighted by atomic mass is 10.1. The molecule has 2 aromatic heterocycles. The van der Waals surface area contributed by atoms with Crippen molar-refractivity contribution in [3.63, 3.8) is 0 Å². The Morgan fingerprint density at radius 1 is 1.05 bits per heavy atom. The number of amides is 1. The highest BCUT2D eigenvalue weighted by atomic mass is 19.4. The van der Waals surface area contributed by atoms with Crippen molar-refractivity contribution in [1.29, 1.82) is 0 Å². The largest absolute Gasteiger partial charge is 0.421 e. The maximum atomic E-state index is 13.8. The lowest BCUT2D eigenvalue weighted by Crippen LogP contribution is -2.29. The zero-order valence-corrected chi connectivity index (χ0v) is 20.6. The summed E-state index contributed by atoms with van der Waals surface area (Å²) in [5, 5.41) is 15.1. The first-order valence-corrected chi connectivity index (χ1v) is 12.2. The molecule has 1 aliphatic rings. The summed E-state index contributed by atoms with van der Waals surface area (Å²) in [7, 11) is 0. The van der Waals surface area contributed by atoms with Crippen molar-refractivity contribution >= 4 is 29.0 Å². The van der Waals surface area contributed by atoms with Crippen molar-refractivity contribution < 1.29 is 22.1 Å². The fraction of sp³-hybridized carbons (Fsp3) is 0.259. The van der Waals surface area contributed by atoms with E-state index in [1.54, 1.807) is 18.3 Å². The van der Waals surface area contributed by atoms with E-state index >= 15 is 0 Å². The average Bonchev–Trinajstić information content (AvgIpc) is 3.43. The lowest BCUT2D eigenvalue weighted by molar-refractivity contribution is -0.137. The maximum Gasteiger partial charge on any atom is 0.421 e. The minimum absolute atomic E-state index is 0.0659. The van der Waals surface area contributed by atoms with E-state index in [0.29, 0.717) is 17.9 Å². The van der Waals surface area contributed by atoms with Crippen molar-refractivity contribution in [2.24, 2.45) is 0 Å². The average molecular weight is 540 g/mol. The fourth-order valence-corrected chi connectivity index (χ4v) is 4.36. The zero-order valence-electron chi connectivity index (χ0n) is 23.6. The maximum absolute atomic E-state index is 13.8. The van der Waals surface area contributed by atoms with Crippen LogP contribution in [-0.2, 0) is 6.18 Å². The smallest absolute Gasteiger partial charge is 0.355 e. The first-order valence-electron chi connectivity index (χ1n) is 13.7. The van der Waals surface area contributed by atoms with Gasteiger partial charge in [0.2, 0.25) is 5.95 Å². The van der Waals surface area contributed by atoms with Crippen LogP contribution < -0.4 is 21.3 Å². The Kier molecular flexibility index (Phi) is 6.42. The Bertz CT molecular complexity index is 1550. The summed E-state index contributed by atoms with van der Waals surface area (Å²) < 4.78 is 65.2. The number of hydrogen-bond acceptors (Lipinski definition) is 7. The van der Waals surface area contributed by atoms with Gasteiger partial charge < -0.3 is 21.3 Å². The van der Waals surface area contributed by atoms with E-state index in [1.165, 1.54) is 24.3 Å². The molecule has 202 valence electrons. The Morgan fingerprint density at radius 3 is 2.56 bits per heavy atom. The molecule has 0 atom stereocenters. The van der Waals surface area contributed by atoms with Crippen LogP contribution in [0.2, 0.25) is 0 Å². The SMILES string of the molecule is [2H]C([2H])([2H])NC(=O)c1ccccc1Nc1nc(Nc2ccc(-c3cnn(C4CCNCC4)c3)cc2)ncc1C(F)(F)F. The predicted octanol–water partition coefficient (Wildman–Crippen LogP) is 5.13. The summed E-state index contributed by atoms with van der Waals surface area (Å²) in [6, 6.07) is 13.1. The molecule has 4 aromatic rings. The van der Waals surface area contributed by atoms with Crippen LogP contribution in [0, 0.1) is 0 Å². The van der Waals surface area contributed by atoms with Crippen molar-refractivity contribution in [1.82, 2.24) is 30.4 Å². The number of anilines is 4. The number of halogens is 3. The molecule has 4 N–H and O–H groups in total. The van der Waals surface area contributed by atoms with Crippen LogP contribution in [0.4, 0.5) is 36.3 Å². The van der Waals surface area contributed by atoms with Crippen molar-refractivity contribution in [2.45, 2.75) is 25.1 Å². The highest BCUT2D eigenvalue weighted by molar-refractivity contribution is 6.00. The molecule has 0 saturated carbocycles. The number of rotatable bonds is 7. The predicted molar refractivity (Wildman–Crippen MR) is 142 cm³/mol. The molecular formula is C27H27F3N8O. The first kappa shape index (κ1) is 22.5. The van der Waals surface area contributed by atoms with E-state index < -0.39 is 30.4 Å². The summed E-state index contributed by atoms with van der Waals surface area (Å²) in [6.07, 6.45) is 1.65. The molecule has 12 heteroatoms. The first-order chi connectivity index (χ1) is 20.0. The molecule has 0 spiro atoms. The van der Waals surface area contributed by atoms with Crippen molar-refractivity contribution in [3.05, 3.63) is 78.2 Å². The number of nitrogens with one attached hydrogen (secondary N) is 4. The number of nitrogens with zero attached hydrogens (tertiary/aromatic N) is 4. The molecule has 0 aliphatic carbocycles. The second-order valence-corrected chi connectivity index (χ2v) is 8.97. The summed E-state index contributed by atoms with van der Waals surface area (Å²) in [6.45, 7) is -0.873. The lowest BCUT2D eigenvalue weighted by Gasteiger charge is -2.22. The van der Waals surface area contributed by atoms with Gasteiger partial charge in [0.1, 0.15) is 11.4 Å². The summed E-state index contributed by atoms with van der Waals surface area (Å²) in [5.41, 5.74) is 0.993. The van der Waals surface area contributed by atoms with E-state index in [2.05, 4.69) is 31.0 Å². The topological polar surface area (TPSA) is 109 Å². The molecule has 0 bridgehead atoms. The van der Waals surface area contributed by atoms with Crippen LogP contribution in [0.1, 0.15) is 38.9 Å². The molecule has 5 rings (SSSR count). The van der Waals surface area contributed by atoms with Gasteiger partial charge >= 0.3 is 6.18 Å². The second-order valence-electron chi connectivity index (χ2n) is 8.97. The number of para-hydroxylation sites is 1. The highest BCUT2D eigenvalue weighted by Gasteiger charge is 2.35. The molecule has 3 heterocycles. The fourth-order valence-electron chi connectivity index (χ4n) is 4.36. The number of aromatic nitrogens is 4. The van der Waals surface area contributed by atoms with Crippen molar-refractivity contribution in [3.8, 4) is 11.1 Å². The molecule has 9 nitrogen and oxygen atoms in total. The molecule has 1 fully saturated rings. The minimum Gasteiger partial charge on any atom is -0.355 e. The third-order valence-corrected chi connectivity index (χ3v) is 6.39. The number of carbonyl (C=O) groups excluding carboxylic acids is 1. The van der Waals surface area contributed by atoms with Gasteiger partial charge in [-0.15, -0.1) is 0 Å². The zero-order chi connectivity index (χ0) is 29.9. The Hall–Kier alpha value is -4.45. The molecule has 2 aromatic carbocycles. The molecule has 0 radical (unpaired) electrons. The Balaban J connectivity index is 1.36. The minimum atomic E-state index is -4.81. The third kappa shape index (κ3) is 6.01. The van der Waals surface area contributed by atoms with Gasteiger partial charge in [0, 0.05) is 34.7 Å². The van der Waals surface area contributed by atoms with Gasteiger partial charge in [-0.25, -0.2) is 4.98 Å². The number of piperidine rings is 1. The summed E-state index contributed by atoms with van der Waals surface area (Å²) in [5.74, 6) is -1.72. The normalized spacial score (nSPS) is 15.6. The molecular weight excluding hydrogens is 509 g/mol. The van der Waals surface area contributed by atoms with Gasteiger partial charge in [-0.3, -0.25) is 9.48 Å². The van der Waals surface area contributed by atoms with E-state index in [9.17, 15) is 18.0 Å². The van der Waals surface area contributed by atoms with Gasteiger partial charge in [0.15, 0.2) is 0 Å². The Labute approximate surface area is 227 Å². The van der Waals surface area contributed by atoms with Gasteiger partial charge in [-0.1, -0.05) is 24.3 Å². The summed E-state index contributed by atoms with van der Waals surface area (Å²) >= 11 is 0. The molecule has 39 heavy (non-hydrogen) atoms. The van der Waals surface area contributed by atoms with E-state index in [-0.39, 0.29) is 17.2 Å². The second kappa shape index (κ2) is 11.1. The van der Waals surface area contributed by atoms with Crippen LogP contribution >= 0.6 is 0 Å². The van der Waals surface area contributed by atoms with Gasteiger partial charge in [-0.2, -0.15) is 23.3 Å². The van der Waals surface area contributed by atoms with Crippen LogP contribution in [0.15, 0.2) is 67.1 Å². The Morgan fingerprint density at radius 2 is 1.82 bits per heavy atom. The van der Waals surface area contributed by atoms with Crippen molar-refractivity contribution in [2.75, 3.05) is 30.7 Å². The number of carbonyl (C=O) groups is 1. The van der Waals surface area contributed by atoms with Crippen LogP contribution in [-0.4, -0.2) is 45.7 Å². The van der Waals surface area contributed by atoms with Crippen LogP contribution in [0.5, 0.6) is 0 Å². The van der Waals surface area contributed by atoms with Gasteiger partial charge in [0.25, 0.3) is 5.91 Å². The third-order valence-electron chi connectivity index (χ3n) is 6.39. The molecule has 1 saturated heterocycles. The molecule has 1 amide bonds. The molecule has 0 unspecified atom stereocenters. The monoisotopic (exact) mass is 539 g/mol. The number of hydrogen-bond donors (Lipinski definition) is 4. The van der Waals surface area contributed by atoms with E-state index in [0.717, 1.165) is 37.1 Å². The van der Waals surface area contributed by atoms with E-state index in [4.69, 9.17) is 4.11 Å². The van der Waals surface area contributed by atoms with Crippen LogP contribution in [0.3, 0.4) is 0 Å². The van der Waals surface area contributed by atoms with Gasteiger partial charge in [0.05, 0.1) is 23.5 Å². The van der Waals surface area contributed by atoms with E-state index in [1.807, 2.05) is 28.3 Å². The standard InChI is InChI=1S/C27H27F3N8O/c1-31-25(39)21-4-2-3-5-23(21)36-24-22(27(28,29)30)15-33-26(37-24)35-19-8-6-17(7-9-19)18-14-34-38(16-18)20-10-12-32-13-11-20/h2-9,14-16,20,32H,10-13H2,1H3,(H,31,39)(H2,33,35,36,37)/i1D3. The quantitative estimate of drug-likeness (QED) is 0.258. The van der Waals surface area contributed by atoms with Gasteiger partial charge in [-0.05, 0) is 55.8 Å². The number of alkyl halides is 3. The molecule has 1 aliphatic heterocycles. The summed E-state index contributed by atoms with van der Waals surface area (Å²) in [4.78, 5) is 20.3. The van der Waals surface area contributed by atoms with Crippen LogP contribution in [0.25, 0.3) is 11.1 Å². The highest BCUT2D eigenvalue weighted by Crippen LogP contribution is 2.36. The number of benzene rings is 2.